The molecule has 0 aromatic carbocycles. The van der Waals surface area contributed by atoms with Gasteiger partial charge in [-0.15, -0.1) is 11.8 Å². The quantitative estimate of drug-likeness (QED) is 0.621. The largest absolute Gasteiger partial charge is 0.365 e. The van der Waals surface area contributed by atoms with Gasteiger partial charge in [0.15, 0.2) is 0 Å². The van der Waals surface area contributed by atoms with Crippen molar-refractivity contribution in [2.45, 2.75) is 12.4 Å². The molecule has 1 fully saturated rings. The van der Waals surface area contributed by atoms with Gasteiger partial charge in [-0.2, -0.15) is 0 Å². The molecule has 1 N–H and O–H groups in total. The zero-order valence-corrected chi connectivity index (χ0v) is 6.54. The van der Waals surface area contributed by atoms with Crippen molar-refractivity contribution < 1.29 is 4.74 Å². The van der Waals surface area contributed by atoms with Crippen LogP contribution in [0.2, 0.25) is 0 Å². The highest BCUT2D eigenvalue weighted by Crippen LogP contribution is 2.12. The predicted molar refractivity (Wildman–Crippen MR) is 40.7 cm³/mol. The van der Waals surface area contributed by atoms with Gasteiger partial charge in [-0.1, -0.05) is 6.92 Å². The minimum Gasteiger partial charge on any atom is -0.365 e. The third kappa shape index (κ3) is 2.56. The molecule has 0 spiro atoms. The van der Waals surface area contributed by atoms with Crippen molar-refractivity contribution in [2.24, 2.45) is 0 Å². The molecule has 0 bridgehead atoms. The van der Waals surface area contributed by atoms with Gasteiger partial charge in [-0.25, -0.2) is 0 Å². The van der Waals surface area contributed by atoms with Crippen LogP contribution in [0.5, 0.6) is 0 Å². The maximum absolute atomic E-state index is 5.42. The number of hydrogen-bond donors (Lipinski definition) is 1. The molecule has 0 radical (unpaired) electrons. The Morgan fingerprint density at radius 3 is 3.22 bits per heavy atom. The molecular weight excluding hydrogens is 134 g/mol. The van der Waals surface area contributed by atoms with Crippen LogP contribution < -0.4 is 5.32 Å². The second-order valence-corrected chi connectivity index (χ2v) is 3.40. The van der Waals surface area contributed by atoms with Crippen LogP contribution in [0, 0.1) is 0 Å². The van der Waals surface area contributed by atoms with Crippen molar-refractivity contribution in [3.05, 3.63) is 0 Å². The van der Waals surface area contributed by atoms with Crippen LogP contribution in [0.4, 0.5) is 0 Å². The minimum atomic E-state index is 0.406. The average molecular weight is 147 g/mol. The molecule has 1 unspecified atom stereocenters. The summed E-state index contributed by atoms with van der Waals surface area (Å²) in [6.45, 7) is 5.06. The number of rotatable bonds is 2. The highest BCUT2D eigenvalue weighted by molar-refractivity contribution is 7.99. The molecule has 2 nitrogen and oxygen atoms in total. The van der Waals surface area contributed by atoms with E-state index in [4.69, 9.17) is 4.74 Å². The van der Waals surface area contributed by atoms with E-state index in [1.165, 1.54) is 0 Å². The Hall–Kier alpha value is 0.270. The maximum atomic E-state index is 5.42. The van der Waals surface area contributed by atoms with Gasteiger partial charge in [0.1, 0.15) is 5.44 Å². The first kappa shape index (κ1) is 7.38. The summed E-state index contributed by atoms with van der Waals surface area (Å²) in [4.78, 5) is 0. The van der Waals surface area contributed by atoms with Crippen LogP contribution in [0.25, 0.3) is 0 Å². The van der Waals surface area contributed by atoms with E-state index < -0.39 is 0 Å². The molecule has 0 aromatic rings. The maximum Gasteiger partial charge on any atom is 0.115 e. The first-order valence-electron chi connectivity index (χ1n) is 3.37. The van der Waals surface area contributed by atoms with Crippen molar-refractivity contribution in [1.29, 1.82) is 0 Å². The van der Waals surface area contributed by atoms with E-state index >= 15 is 0 Å². The number of morpholine rings is 1. The topological polar surface area (TPSA) is 21.3 Å². The molecule has 1 atom stereocenters. The van der Waals surface area contributed by atoms with E-state index in [0.717, 1.165) is 25.4 Å². The summed E-state index contributed by atoms with van der Waals surface area (Å²) in [5.41, 5.74) is 0.406. The molecule has 3 heteroatoms. The van der Waals surface area contributed by atoms with Crippen molar-refractivity contribution in [1.82, 2.24) is 5.32 Å². The van der Waals surface area contributed by atoms with Crippen molar-refractivity contribution in [3.63, 3.8) is 0 Å². The first-order chi connectivity index (χ1) is 4.43. The van der Waals surface area contributed by atoms with E-state index in [-0.39, 0.29) is 0 Å². The smallest absolute Gasteiger partial charge is 0.115 e. The molecular formula is C6H13NOS. The van der Waals surface area contributed by atoms with Gasteiger partial charge >= 0.3 is 0 Å². The van der Waals surface area contributed by atoms with Crippen LogP contribution >= 0.6 is 11.8 Å². The fourth-order valence-electron chi connectivity index (χ4n) is 0.834. The summed E-state index contributed by atoms with van der Waals surface area (Å²) < 4.78 is 5.42. The van der Waals surface area contributed by atoms with Crippen LogP contribution in [-0.4, -0.2) is 30.9 Å². The molecule has 0 saturated carbocycles. The van der Waals surface area contributed by atoms with E-state index in [2.05, 4.69) is 12.2 Å². The molecule has 1 aliphatic heterocycles. The summed E-state index contributed by atoms with van der Waals surface area (Å²) in [6, 6.07) is 0. The Labute approximate surface area is 60.3 Å². The summed E-state index contributed by atoms with van der Waals surface area (Å²) in [5, 5.41) is 3.27. The summed E-state index contributed by atoms with van der Waals surface area (Å²) in [5.74, 6) is 1.15. The molecule has 1 aliphatic rings. The fraction of sp³-hybridized carbons (Fsp3) is 1.00. The molecule has 1 rings (SSSR count). The van der Waals surface area contributed by atoms with Gasteiger partial charge in [0, 0.05) is 13.1 Å². The standard InChI is InChI=1S/C6H13NOS/c1-2-9-6-5-7-3-4-8-6/h6-7H,2-5H2,1H3. The highest BCUT2D eigenvalue weighted by Gasteiger charge is 2.11. The SMILES string of the molecule is CCSC1CNCCO1. The number of hydrogen-bond acceptors (Lipinski definition) is 3. The third-order valence-electron chi connectivity index (χ3n) is 1.25. The van der Waals surface area contributed by atoms with Gasteiger partial charge in [0.05, 0.1) is 6.61 Å². The zero-order chi connectivity index (χ0) is 6.53. The number of thioether (sulfide) groups is 1. The van der Waals surface area contributed by atoms with Crippen LogP contribution in [-0.2, 0) is 4.74 Å². The van der Waals surface area contributed by atoms with Crippen molar-refractivity contribution in [2.75, 3.05) is 25.4 Å². The molecule has 0 aromatic heterocycles. The molecule has 1 heterocycles. The highest BCUT2D eigenvalue weighted by atomic mass is 32.2. The van der Waals surface area contributed by atoms with Gasteiger partial charge in [-0.05, 0) is 5.75 Å². The number of nitrogens with one attached hydrogen (secondary N) is 1. The summed E-state index contributed by atoms with van der Waals surface area (Å²) in [7, 11) is 0. The lowest BCUT2D eigenvalue weighted by molar-refractivity contribution is 0.0853. The second-order valence-electron chi connectivity index (χ2n) is 1.96. The Morgan fingerprint density at radius 2 is 2.67 bits per heavy atom. The molecule has 1 saturated heterocycles. The summed E-state index contributed by atoms with van der Waals surface area (Å²) in [6.07, 6.45) is 0. The van der Waals surface area contributed by atoms with Gasteiger partial charge in [-0.3, -0.25) is 0 Å². The number of ether oxygens (including phenoxy) is 1. The predicted octanol–water partition coefficient (Wildman–Crippen LogP) is 0.685. The Morgan fingerprint density at radius 1 is 1.78 bits per heavy atom. The Kier molecular flexibility index (Phi) is 3.40. The van der Waals surface area contributed by atoms with E-state index in [1.807, 2.05) is 11.8 Å². The van der Waals surface area contributed by atoms with Crippen molar-refractivity contribution >= 4 is 11.8 Å². The fourth-order valence-corrected chi connectivity index (χ4v) is 1.63. The molecule has 54 valence electrons. The van der Waals surface area contributed by atoms with Crippen LogP contribution in [0.15, 0.2) is 0 Å². The van der Waals surface area contributed by atoms with Crippen LogP contribution in [0.3, 0.4) is 0 Å². The van der Waals surface area contributed by atoms with Gasteiger partial charge in [0.25, 0.3) is 0 Å². The molecule has 0 amide bonds. The first-order valence-corrected chi connectivity index (χ1v) is 4.42. The van der Waals surface area contributed by atoms with Crippen molar-refractivity contribution in [3.8, 4) is 0 Å². The van der Waals surface area contributed by atoms with E-state index in [0.29, 0.717) is 5.44 Å². The third-order valence-corrected chi connectivity index (χ3v) is 2.25. The van der Waals surface area contributed by atoms with Crippen LogP contribution in [0.1, 0.15) is 6.92 Å². The monoisotopic (exact) mass is 147 g/mol. The lowest BCUT2D eigenvalue weighted by Gasteiger charge is -2.22. The average Bonchev–Trinajstić information content (AvgIpc) is 1.91. The Bertz CT molecular complexity index is 70.7. The normalized spacial score (nSPS) is 28.3. The second kappa shape index (κ2) is 4.14. The molecule has 0 aliphatic carbocycles. The van der Waals surface area contributed by atoms with Gasteiger partial charge < -0.3 is 10.1 Å². The van der Waals surface area contributed by atoms with Gasteiger partial charge in [0.2, 0.25) is 0 Å². The zero-order valence-electron chi connectivity index (χ0n) is 5.72. The summed E-state index contributed by atoms with van der Waals surface area (Å²) >= 11 is 1.87. The Balaban J connectivity index is 2.08. The lowest BCUT2D eigenvalue weighted by Crippen LogP contribution is -2.36. The lowest BCUT2D eigenvalue weighted by atomic mass is 10.5. The minimum absolute atomic E-state index is 0.406. The van der Waals surface area contributed by atoms with E-state index in [9.17, 15) is 0 Å². The molecule has 9 heavy (non-hydrogen) atoms. The van der Waals surface area contributed by atoms with E-state index in [1.54, 1.807) is 0 Å².